The number of nitrogens with one attached hydrogen (secondary N) is 6. The van der Waals surface area contributed by atoms with Gasteiger partial charge in [0.15, 0.2) is 23.3 Å². The number of carboxylic acid groups (broad SMARTS) is 1. The Hall–Kier alpha value is -7.91. The minimum atomic E-state index is -2.11. The van der Waals surface area contributed by atoms with E-state index < -0.39 is 162 Å². The van der Waals surface area contributed by atoms with Crippen molar-refractivity contribution >= 4 is 76.2 Å². The molecule has 11 bridgehead atoms. The number of primary amides is 1. The average Bonchev–Trinajstić information content (AvgIpc) is 3.59. The van der Waals surface area contributed by atoms with Crippen LogP contribution in [0.3, 0.4) is 0 Å². The van der Waals surface area contributed by atoms with E-state index in [9.17, 15) is 64.2 Å². The number of likely N-dealkylation sites (N-methyl/N-ethyl adjacent to an activating group) is 1. The van der Waals surface area contributed by atoms with Crippen LogP contribution < -0.4 is 52.8 Å². The van der Waals surface area contributed by atoms with Crippen molar-refractivity contribution in [3.8, 4) is 28.7 Å². The number of phenols is 1. The Morgan fingerprint density at radius 2 is 1.42 bits per heavy atom. The predicted octanol–water partition coefficient (Wildman–Crippen LogP) is 1.47. The van der Waals surface area contributed by atoms with Crippen LogP contribution in [0, 0.1) is 11.8 Å². The molecule has 0 aromatic heterocycles. The number of hydrogen-bond acceptors (Lipinski definition) is 18. The van der Waals surface area contributed by atoms with Crippen LogP contribution in [0.4, 0.5) is 0 Å². The second-order valence-electron chi connectivity index (χ2n) is 21.2. The van der Waals surface area contributed by atoms with E-state index >= 15 is 4.79 Å². The number of nitrogens with two attached hydrogens (primary N) is 2. The molecule has 0 saturated heterocycles. The SMILES string of the molecule is CCC(O)C1=CC=C2CC1C1=C(CC(O)CC1=O)C(C(=O)O)NC(=O)C1NC(=O)C2N=C(N)C2NC(=O)C(CC(N)=O)NC(=O)C(NC(=O)C(CC(C)C)NC)C(O)c3ccc(c(Cl)c3)Oc3cc2cc(c3O)Oc2ccc(cc2Cl)C1O. The number of amidine groups is 1. The molecule has 5 heterocycles. The lowest BCUT2D eigenvalue weighted by Gasteiger charge is -2.37. The topological polar surface area (TPSA) is 413 Å². The summed E-state index contributed by atoms with van der Waals surface area (Å²) in [6, 6.07) is -2.90. The number of aliphatic hydroxyl groups is 4. The molecule has 0 spiro atoms. The molecule has 3 aromatic carbocycles. The fourth-order valence-electron chi connectivity index (χ4n) is 10.7. The summed E-state index contributed by atoms with van der Waals surface area (Å²) in [5.74, 6) is -13.1. The van der Waals surface area contributed by atoms with E-state index in [1.807, 2.05) is 13.8 Å². The van der Waals surface area contributed by atoms with E-state index in [0.717, 1.165) is 6.07 Å². The average molecular weight is 1190 g/mol. The molecule has 5 aliphatic heterocycles. The number of amides is 6. The highest BCUT2D eigenvalue weighted by Crippen LogP contribution is 2.47. The van der Waals surface area contributed by atoms with E-state index in [0.29, 0.717) is 0 Å². The molecule has 0 radical (unpaired) electrons. The Balaban J connectivity index is 1.38. The van der Waals surface area contributed by atoms with Crippen molar-refractivity contribution in [2.45, 2.75) is 126 Å². The van der Waals surface area contributed by atoms with Gasteiger partial charge in [-0.2, -0.15) is 0 Å². The van der Waals surface area contributed by atoms with Crippen molar-refractivity contribution in [1.82, 2.24) is 31.9 Å². The number of carbonyl (C=O) groups is 8. The summed E-state index contributed by atoms with van der Waals surface area (Å²) >= 11 is 13.6. The van der Waals surface area contributed by atoms with Crippen molar-refractivity contribution in [1.29, 1.82) is 0 Å². The fourth-order valence-corrected chi connectivity index (χ4v) is 11.2. The number of halogens is 2. The van der Waals surface area contributed by atoms with Crippen LogP contribution in [-0.4, -0.2) is 139 Å². The molecule has 10 rings (SSSR count). The van der Waals surface area contributed by atoms with Crippen LogP contribution in [0.2, 0.25) is 10.0 Å². The highest BCUT2D eigenvalue weighted by Gasteiger charge is 2.45. The van der Waals surface area contributed by atoms with Gasteiger partial charge in [0.25, 0.3) is 0 Å². The van der Waals surface area contributed by atoms with Crippen molar-refractivity contribution in [2.75, 3.05) is 7.05 Å². The molecule has 12 unspecified atom stereocenters. The maximum Gasteiger partial charge on any atom is 0.330 e. The van der Waals surface area contributed by atoms with Gasteiger partial charge < -0.3 is 83.5 Å². The number of ketones is 1. The van der Waals surface area contributed by atoms with E-state index in [-0.39, 0.29) is 85.7 Å². The smallest absolute Gasteiger partial charge is 0.330 e. The number of ether oxygens (including phenoxy) is 2. The number of carboxylic acids is 1. The van der Waals surface area contributed by atoms with Crippen molar-refractivity contribution < 1.29 is 78.5 Å². The quantitative estimate of drug-likeness (QED) is 0.137. The van der Waals surface area contributed by atoms with E-state index in [4.69, 9.17) is 44.1 Å². The number of Topliss-reactive ketones (excluding diaryl/α,β-unsaturated/α-hetero) is 1. The minimum Gasteiger partial charge on any atom is -0.502 e. The van der Waals surface area contributed by atoms with Crippen molar-refractivity contribution in [3.63, 3.8) is 0 Å². The first-order valence-corrected chi connectivity index (χ1v) is 27.3. The lowest BCUT2D eigenvalue weighted by molar-refractivity contribution is -0.142. The Morgan fingerprint density at radius 1 is 0.795 bits per heavy atom. The summed E-state index contributed by atoms with van der Waals surface area (Å²) in [4.78, 5) is 118. The molecule has 16 N–H and O–H groups in total. The van der Waals surface area contributed by atoms with Gasteiger partial charge in [0, 0.05) is 17.9 Å². The number of aromatic hydroxyl groups is 1. The zero-order valence-corrected chi connectivity index (χ0v) is 46.7. The van der Waals surface area contributed by atoms with Gasteiger partial charge in [-0.25, -0.2) is 4.79 Å². The number of rotatable bonds is 10. The van der Waals surface area contributed by atoms with E-state index in [1.54, 1.807) is 6.92 Å². The molecule has 2 aliphatic carbocycles. The third kappa shape index (κ3) is 13.2. The van der Waals surface area contributed by atoms with E-state index in [1.165, 1.54) is 61.7 Å². The summed E-state index contributed by atoms with van der Waals surface area (Å²) in [7, 11) is 1.52. The van der Waals surface area contributed by atoms with Crippen molar-refractivity contribution in [2.24, 2.45) is 28.3 Å². The third-order valence-electron chi connectivity index (χ3n) is 14.9. The van der Waals surface area contributed by atoms with Gasteiger partial charge in [-0.3, -0.25) is 38.6 Å². The normalized spacial score (nSPS) is 26.5. The summed E-state index contributed by atoms with van der Waals surface area (Å²) in [6.07, 6.45) is -5.63. The van der Waals surface area contributed by atoms with E-state index in [2.05, 4.69) is 36.9 Å². The number of benzene rings is 3. The number of hydrogen-bond donors (Lipinski definition) is 14. The van der Waals surface area contributed by atoms with Gasteiger partial charge in [-0.15, -0.1) is 0 Å². The van der Waals surface area contributed by atoms with Crippen LogP contribution in [0.5, 0.6) is 28.7 Å². The number of phenolic OH excluding ortho intramolecular Hbond substituents is 1. The molecule has 6 amide bonds. The second kappa shape index (κ2) is 25.3. The number of fused-ring (bicyclic) bond motifs is 13. The largest absolute Gasteiger partial charge is 0.502 e. The highest BCUT2D eigenvalue weighted by atomic mass is 35.5. The van der Waals surface area contributed by atoms with Gasteiger partial charge >= 0.3 is 5.97 Å². The van der Waals surface area contributed by atoms with Crippen LogP contribution in [0.15, 0.2) is 88.0 Å². The van der Waals surface area contributed by atoms with Crippen LogP contribution in [0.25, 0.3) is 0 Å². The molecule has 7 aliphatic rings. The first-order valence-electron chi connectivity index (χ1n) is 26.5. The number of aliphatic hydroxyl groups excluding tert-OH is 4. The molecular weight excluding hydrogens is 1130 g/mol. The second-order valence-corrected chi connectivity index (χ2v) is 22.0. The maximum atomic E-state index is 15.3. The molecule has 12 atom stereocenters. The molecule has 442 valence electrons. The third-order valence-corrected chi connectivity index (χ3v) is 15.5. The molecule has 3 aromatic rings. The Bertz CT molecular complexity index is 3290. The summed E-state index contributed by atoms with van der Waals surface area (Å²) in [5.41, 5.74) is 12.2. The molecule has 83 heavy (non-hydrogen) atoms. The summed E-state index contributed by atoms with van der Waals surface area (Å²) in [6.45, 7) is 5.36. The predicted molar refractivity (Wildman–Crippen MR) is 297 cm³/mol. The zero-order valence-electron chi connectivity index (χ0n) is 45.1. The Morgan fingerprint density at radius 3 is 1.99 bits per heavy atom. The van der Waals surface area contributed by atoms with Crippen LogP contribution in [0.1, 0.15) is 94.2 Å². The van der Waals surface area contributed by atoms with Crippen LogP contribution in [-0.2, 0) is 38.4 Å². The number of aliphatic imine (C=N–C) groups is 1. The minimum absolute atomic E-state index is 0.0127. The van der Waals surface area contributed by atoms with Gasteiger partial charge in [0.1, 0.15) is 59.8 Å². The van der Waals surface area contributed by atoms with Gasteiger partial charge in [0.05, 0.1) is 34.7 Å². The van der Waals surface area contributed by atoms with Crippen molar-refractivity contribution in [3.05, 3.63) is 110 Å². The number of carbonyl (C=O) groups excluding carboxylic acids is 7. The first-order chi connectivity index (χ1) is 39.3. The fraction of sp³-hybridized carbons (Fsp3) is 0.411. The molecule has 25 nitrogen and oxygen atoms in total. The number of aliphatic carboxylic acids is 1. The lowest BCUT2D eigenvalue weighted by Crippen LogP contribution is -2.59. The van der Waals surface area contributed by atoms with Crippen LogP contribution >= 0.6 is 23.2 Å². The van der Waals surface area contributed by atoms with Gasteiger partial charge in [0.2, 0.25) is 41.2 Å². The summed E-state index contributed by atoms with van der Waals surface area (Å²) < 4.78 is 12.4. The molecule has 0 saturated carbocycles. The Labute approximate surface area is 484 Å². The van der Waals surface area contributed by atoms with Gasteiger partial charge in [-0.05, 0) is 108 Å². The summed E-state index contributed by atoms with van der Waals surface area (Å²) in [5, 5.41) is 84.1. The first kappa shape index (κ1) is 61.2. The van der Waals surface area contributed by atoms with Gasteiger partial charge in [-0.1, -0.05) is 68.3 Å². The molecule has 27 heteroatoms. The standard InChI is InChI=1S/C56H63Cl2N9O16/c1-5-34(69)27-9-6-22-13-28(27)41-29(18-26(68)19-35(41)70)44(56(80)81)65-55(79)46-48(73)24-8-11-37(31(58)15-24)83-39-17-25-16-38(49(39)74)82-36-10-7-23(14-30(36)57)47(72)45(66-51(75)32(61-4)12-21(2)3)54(78)62-33(20-40(59)71)52(76)64-42(25)50(60)63-43(22)53(77)67-46/h6-11,14-17,21,26,28,32-34,42-48,61,68-69,72-74H,5,12-13,18-20H2,1-4H3,(H2,59,71)(H2,60,63)(H,62,78)(H,64,76)(H,65,79)(H,66,75)(H,67,77)(H,80,81). The monoisotopic (exact) mass is 1190 g/mol. The Kier molecular flexibility index (Phi) is 18.6. The zero-order chi connectivity index (χ0) is 60.5. The molecular formula is C56H63Cl2N9O16. The number of allylic oxidation sites excluding steroid dienone is 3. The lowest BCUT2D eigenvalue weighted by atomic mass is 9.70. The maximum absolute atomic E-state index is 15.3. The number of nitrogens with zero attached hydrogens (tertiary/aromatic N) is 1. The highest BCUT2D eigenvalue weighted by molar-refractivity contribution is 6.32. The molecule has 0 fully saturated rings.